The van der Waals surface area contributed by atoms with Gasteiger partial charge in [0.2, 0.25) is 0 Å². The van der Waals surface area contributed by atoms with Gasteiger partial charge in [0.05, 0.1) is 4.75 Å². The summed E-state index contributed by atoms with van der Waals surface area (Å²) in [6.45, 7) is 11.6. The summed E-state index contributed by atoms with van der Waals surface area (Å²) < 4.78 is 23.3. The fourth-order valence-corrected chi connectivity index (χ4v) is 3.31. The van der Waals surface area contributed by atoms with Crippen LogP contribution in [0.1, 0.15) is 60.8 Å². The van der Waals surface area contributed by atoms with Crippen LogP contribution < -0.4 is 0 Å². The largest absolute Gasteiger partial charge is 3.00 e. The van der Waals surface area contributed by atoms with Gasteiger partial charge >= 0.3 is 32.7 Å². The molecule has 1 aliphatic rings. The molecule has 0 aromatic carbocycles. The van der Waals surface area contributed by atoms with E-state index >= 15 is 0 Å². The van der Waals surface area contributed by atoms with Crippen LogP contribution >= 0.6 is 0 Å². The van der Waals surface area contributed by atoms with Crippen molar-refractivity contribution in [1.82, 2.24) is 0 Å². The van der Waals surface area contributed by atoms with Crippen molar-refractivity contribution < 1.29 is 41.1 Å². The number of hydrogen-bond donors (Lipinski definition) is 0. The zero-order valence-electron chi connectivity index (χ0n) is 12.7. The van der Waals surface area contributed by atoms with Crippen LogP contribution in [-0.2, 0) is 42.5 Å². The summed E-state index contributed by atoms with van der Waals surface area (Å²) in [5.74, 6) is 1.42. The summed E-state index contributed by atoms with van der Waals surface area (Å²) in [5, 5.41) is -0.179. The summed E-state index contributed by atoms with van der Waals surface area (Å²) in [6.07, 6.45) is 6.50. The molecular formula is C14H27O2SY. The van der Waals surface area contributed by atoms with Crippen LogP contribution in [0.25, 0.3) is 0 Å². The topological polar surface area (TPSA) is 34.1 Å². The minimum atomic E-state index is -2.96. The average Bonchev–Trinajstić information content (AvgIpc) is 2.16. The van der Waals surface area contributed by atoms with Crippen LogP contribution in [0.3, 0.4) is 0 Å². The van der Waals surface area contributed by atoms with Crippen LogP contribution in [0.15, 0.2) is 0 Å². The molecule has 0 N–H and O–H groups in total. The maximum atomic E-state index is 12.0. The minimum Gasteiger partial charge on any atom is -0.356 e. The van der Waals surface area contributed by atoms with E-state index < -0.39 is 14.6 Å². The van der Waals surface area contributed by atoms with Gasteiger partial charge in [0, 0.05) is 5.25 Å². The molecule has 0 radical (unpaired) electrons. The number of sulfone groups is 1. The molecule has 4 heteroatoms. The zero-order valence-corrected chi connectivity index (χ0v) is 16.3. The van der Waals surface area contributed by atoms with Crippen molar-refractivity contribution in [3.8, 4) is 0 Å². The first-order chi connectivity index (χ1) is 7.59. The van der Waals surface area contributed by atoms with Crippen LogP contribution in [0, 0.1) is 18.8 Å². The van der Waals surface area contributed by atoms with Gasteiger partial charge in [-0.25, -0.2) is 8.42 Å². The Balaban J connectivity index is 0. The quantitative estimate of drug-likeness (QED) is 0.676. The van der Waals surface area contributed by atoms with Gasteiger partial charge < -0.3 is 25.2 Å². The Morgan fingerprint density at radius 3 is 1.67 bits per heavy atom. The van der Waals surface area contributed by atoms with E-state index in [0.717, 1.165) is 19.3 Å². The molecule has 1 saturated carbocycles. The van der Waals surface area contributed by atoms with Gasteiger partial charge in [-0.3, -0.25) is 0 Å². The molecule has 104 valence electrons. The van der Waals surface area contributed by atoms with Crippen molar-refractivity contribution in [3.63, 3.8) is 0 Å². The Morgan fingerprint density at radius 1 is 1.06 bits per heavy atom. The van der Waals surface area contributed by atoms with Gasteiger partial charge in [0.25, 0.3) is 0 Å². The fraction of sp³-hybridized carbons (Fsp3) is 0.786. The third-order valence-corrected chi connectivity index (χ3v) is 5.45. The standard InChI is InChI=1S/C10H18O2S.C4H9.Y/c1-10(2,3)13(11,12)9-7-5-4-6-8-9;1-4(2)3;/h5-6,9H,4,7-8H2,1-3H3;1-3H3;/q-2;-1;+3. The molecule has 1 rings (SSSR count). The summed E-state index contributed by atoms with van der Waals surface area (Å²) in [4.78, 5) is 0. The van der Waals surface area contributed by atoms with Gasteiger partial charge in [-0.15, -0.1) is 0 Å². The Labute approximate surface area is 139 Å². The molecule has 0 unspecified atom stereocenters. The molecule has 0 aromatic heterocycles. The number of rotatable bonds is 1. The molecule has 0 aromatic rings. The maximum absolute atomic E-state index is 12.0. The van der Waals surface area contributed by atoms with Gasteiger partial charge in [-0.1, -0.05) is 0 Å². The second-order valence-electron chi connectivity index (χ2n) is 6.06. The summed E-state index contributed by atoms with van der Waals surface area (Å²) in [6, 6.07) is 0. The smallest absolute Gasteiger partial charge is 0.356 e. The van der Waals surface area contributed by atoms with Gasteiger partial charge in [-0.2, -0.15) is 33.6 Å². The monoisotopic (exact) mass is 348 g/mol. The summed E-state index contributed by atoms with van der Waals surface area (Å²) in [7, 11) is -2.96. The van der Waals surface area contributed by atoms with E-state index in [4.69, 9.17) is 0 Å². The SMILES string of the molecule is CC(C)(C)S(=O)(=O)C1C[CH-]C[CH-]C1.C[C-](C)C.[Y+3]. The molecule has 1 fully saturated rings. The van der Waals surface area contributed by atoms with E-state index in [0.29, 0.717) is 0 Å². The van der Waals surface area contributed by atoms with Gasteiger partial charge in [0.15, 0.2) is 9.84 Å². The first-order valence-corrected chi connectivity index (χ1v) is 7.77. The average molecular weight is 348 g/mol. The fourth-order valence-electron chi connectivity index (χ4n) is 1.53. The molecule has 0 atom stereocenters. The molecule has 0 saturated heterocycles. The van der Waals surface area contributed by atoms with E-state index in [1.807, 2.05) is 0 Å². The first kappa shape index (κ1) is 21.4. The minimum absolute atomic E-state index is 0. The Morgan fingerprint density at radius 2 is 1.39 bits per heavy atom. The van der Waals surface area contributed by atoms with E-state index in [2.05, 4.69) is 33.6 Å². The van der Waals surface area contributed by atoms with Gasteiger partial charge in [-0.05, 0) is 20.8 Å². The van der Waals surface area contributed by atoms with Crippen molar-refractivity contribution in [3.05, 3.63) is 18.8 Å². The molecule has 2 nitrogen and oxygen atoms in total. The van der Waals surface area contributed by atoms with Crippen molar-refractivity contribution in [2.24, 2.45) is 0 Å². The molecule has 18 heavy (non-hydrogen) atoms. The third kappa shape index (κ3) is 7.60. The Kier molecular flexibility index (Phi) is 10.8. The second-order valence-corrected chi connectivity index (χ2v) is 9.05. The second kappa shape index (κ2) is 9.08. The van der Waals surface area contributed by atoms with E-state index in [1.165, 1.54) is 5.92 Å². The zero-order chi connectivity index (χ0) is 13.7. The summed E-state index contributed by atoms with van der Waals surface area (Å²) >= 11 is 0. The predicted molar refractivity (Wildman–Crippen MR) is 75.2 cm³/mol. The summed E-state index contributed by atoms with van der Waals surface area (Å²) in [5.41, 5.74) is 0. The van der Waals surface area contributed by atoms with Crippen molar-refractivity contribution >= 4 is 9.84 Å². The Bertz CT molecular complexity index is 293. The molecule has 1 aliphatic carbocycles. The van der Waals surface area contributed by atoms with Crippen molar-refractivity contribution in [2.75, 3.05) is 0 Å². The van der Waals surface area contributed by atoms with Gasteiger partial charge in [0.1, 0.15) is 0 Å². The number of hydrogen-bond acceptors (Lipinski definition) is 2. The maximum Gasteiger partial charge on any atom is 3.00 e. The van der Waals surface area contributed by atoms with E-state index in [9.17, 15) is 8.42 Å². The molecular weight excluding hydrogens is 321 g/mol. The van der Waals surface area contributed by atoms with Crippen LogP contribution in [-0.4, -0.2) is 18.4 Å². The van der Waals surface area contributed by atoms with Crippen LogP contribution in [0.4, 0.5) is 0 Å². The van der Waals surface area contributed by atoms with Crippen LogP contribution in [0.5, 0.6) is 0 Å². The first-order valence-electron chi connectivity index (χ1n) is 6.22. The van der Waals surface area contributed by atoms with Crippen LogP contribution in [0.2, 0.25) is 0 Å². The Hall–Kier alpha value is 1.05. The predicted octanol–water partition coefficient (Wildman–Crippen LogP) is 3.78. The van der Waals surface area contributed by atoms with Crippen molar-refractivity contribution in [1.29, 1.82) is 0 Å². The molecule has 0 amide bonds. The molecule has 0 spiro atoms. The molecule has 0 aliphatic heterocycles. The third-order valence-electron chi connectivity index (χ3n) is 2.48. The van der Waals surface area contributed by atoms with Crippen molar-refractivity contribution in [2.45, 2.75) is 70.8 Å². The molecule has 0 bridgehead atoms. The van der Waals surface area contributed by atoms with E-state index in [1.54, 1.807) is 20.8 Å². The van der Waals surface area contributed by atoms with E-state index in [-0.39, 0.29) is 38.0 Å². The molecule has 0 heterocycles. The normalized spacial score (nSPS) is 17.7.